The minimum atomic E-state index is -1.26. The number of rotatable bonds is 13. The summed E-state index contributed by atoms with van der Waals surface area (Å²) in [5.74, 6) is -4.64. The lowest BCUT2D eigenvalue weighted by Crippen LogP contribution is -2.49. The molecular weight excluding hydrogens is 358 g/mol. The van der Waals surface area contributed by atoms with E-state index in [4.69, 9.17) is 21.1 Å². The highest BCUT2D eigenvalue weighted by Crippen LogP contribution is 2.06. The van der Waals surface area contributed by atoms with Gasteiger partial charge in [0.15, 0.2) is 0 Å². The Balaban J connectivity index is 4.55. The summed E-state index contributed by atoms with van der Waals surface area (Å²) in [5, 5.41) is 30.2. The van der Waals surface area contributed by atoms with E-state index >= 15 is 0 Å². The summed E-state index contributed by atoms with van der Waals surface area (Å²) >= 11 is 1.10. The van der Waals surface area contributed by atoms with Crippen LogP contribution in [0.5, 0.6) is 0 Å². The first-order valence-corrected chi connectivity index (χ1v) is 8.35. The molecule has 7 N–H and O–H groups in total. The van der Waals surface area contributed by atoms with E-state index in [9.17, 15) is 24.0 Å². The van der Waals surface area contributed by atoms with Gasteiger partial charge in [0.2, 0.25) is 11.8 Å². The van der Waals surface area contributed by atoms with Crippen molar-refractivity contribution in [2.45, 2.75) is 31.3 Å². The molecule has 0 bridgehead atoms. The van der Waals surface area contributed by atoms with E-state index in [0.29, 0.717) is 0 Å². The van der Waals surface area contributed by atoms with E-state index in [0.717, 1.165) is 11.8 Å². The van der Waals surface area contributed by atoms with Crippen LogP contribution in [0, 0.1) is 0 Å². The third-order valence-electron chi connectivity index (χ3n) is 2.81. The van der Waals surface area contributed by atoms with Crippen molar-refractivity contribution in [2.24, 2.45) is 5.73 Å². The van der Waals surface area contributed by atoms with E-state index in [1.807, 2.05) is 0 Å². The first kappa shape index (κ1) is 22.7. The molecule has 2 atom stereocenters. The van der Waals surface area contributed by atoms with Crippen molar-refractivity contribution in [3.63, 3.8) is 0 Å². The molecule has 0 saturated heterocycles. The number of aliphatic carboxylic acids is 3. The zero-order valence-electron chi connectivity index (χ0n) is 13.3. The zero-order valence-corrected chi connectivity index (χ0v) is 14.1. The third kappa shape index (κ3) is 11.8. The largest absolute Gasteiger partial charge is 0.481 e. The van der Waals surface area contributed by atoms with Crippen LogP contribution in [0.2, 0.25) is 0 Å². The van der Waals surface area contributed by atoms with Crippen LogP contribution in [0.15, 0.2) is 0 Å². The molecule has 25 heavy (non-hydrogen) atoms. The Morgan fingerprint density at radius 1 is 1.00 bits per heavy atom. The van der Waals surface area contributed by atoms with Gasteiger partial charge in [0.1, 0.15) is 18.6 Å². The fraction of sp³-hybridized carbons (Fsp3) is 0.615. The molecule has 0 fully saturated rings. The minimum Gasteiger partial charge on any atom is -0.481 e. The van der Waals surface area contributed by atoms with E-state index in [1.54, 1.807) is 0 Å². The Morgan fingerprint density at radius 3 is 2.16 bits per heavy atom. The molecule has 0 aliphatic carbocycles. The maximum atomic E-state index is 11.9. The lowest BCUT2D eigenvalue weighted by Gasteiger charge is -2.18. The van der Waals surface area contributed by atoms with Crippen LogP contribution in [0.4, 0.5) is 0 Å². The molecule has 0 aromatic carbocycles. The second-order valence-corrected chi connectivity index (χ2v) is 6.08. The molecule has 0 unspecified atom stereocenters. The summed E-state index contributed by atoms with van der Waals surface area (Å²) in [7, 11) is 0. The zero-order chi connectivity index (χ0) is 19.4. The molecule has 0 saturated carbocycles. The maximum Gasteiger partial charge on any atom is 0.322 e. The Labute approximate surface area is 147 Å². The number of nitrogens with two attached hydrogens (primary N) is 1. The number of carboxylic acids is 3. The first-order chi connectivity index (χ1) is 11.6. The van der Waals surface area contributed by atoms with Crippen LogP contribution in [0.3, 0.4) is 0 Å². The number of thioether (sulfide) groups is 1. The van der Waals surface area contributed by atoms with Gasteiger partial charge in [0, 0.05) is 17.9 Å². The Hall–Kier alpha value is -2.34. The summed E-state index contributed by atoms with van der Waals surface area (Å²) in [6.45, 7) is -0.630. The highest BCUT2D eigenvalue weighted by atomic mass is 32.2. The number of hydrogen-bond acceptors (Lipinski definition) is 7. The van der Waals surface area contributed by atoms with Crippen molar-refractivity contribution in [2.75, 3.05) is 18.1 Å². The molecule has 142 valence electrons. The van der Waals surface area contributed by atoms with Crippen molar-refractivity contribution >= 4 is 41.5 Å². The van der Waals surface area contributed by atoms with E-state index in [2.05, 4.69) is 10.6 Å². The summed E-state index contributed by atoms with van der Waals surface area (Å²) < 4.78 is 0. The molecule has 11 nitrogen and oxygen atoms in total. The number of carbonyl (C=O) groups excluding carboxylic acids is 2. The molecule has 12 heteroatoms. The van der Waals surface area contributed by atoms with Crippen LogP contribution in [0.25, 0.3) is 0 Å². The normalized spacial score (nSPS) is 12.7. The Morgan fingerprint density at radius 2 is 1.64 bits per heavy atom. The van der Waals surface area contributed by atoms with Crippen molar-refractivity contribution < 1.29 is 39.3 Å². The van der Waals surface area contributed by atoms with Gasteiger partial charge in [-0.05, 0) is 6.42 Å². The second-order valence-electron chi connectivity index (χ2n) is 4.93. The Kier molecular flexibility index (Phi) is 11.0. The van der Waals surface area contributed by atoms with Gasteiger partial charge in [-0.25, -0.2) is 0 Å². The average molecular weight is 379 g/mol. The number of carbonyl (C=O) groups is 5. The standard InChI is InChI=1S/C13H21N3O8S/c14-7(13(23)24)1-2-9(17)16-8(6-25-4-3-10(18)19)12(22)15-5-11(20)21/h7-8H,1-6,14H2,(H,15,22)(H,16,17)(H,18,19)(H,20,21)(H,23,24)/t7-,8-/m0/s1. The van der Waals surface area contributed by atoms with Gasteiger partial charge in [0.05, 0.1) is 6.42 Å². The van der Waals surface area contributed by atoms with Crippen molar-refractivity contribution in [3.05, 3.63) is 0 Å². The third-order valence-corrected chi connectivity index (χ3v) is 3.87. The molecule has 0 aliphatic rings. The predicted octanol–water partition coefficient (Wildman–Crippen LogP) is -1.93. The molecule has 0 aromatic heterocycles. The number of nitrogens with one attached hydrogen (secondary N) is 2. The maximum absolute atomic E-state index is 11.9. The van der Waals surface area contributed by atoms with E-state index < -0.39 is 48.4 Å². The molecule has 0 spiro atoms. The van der Waals surface area contributed by atoms with Gasteiger partial charge in [0.25, 0.3) is 0 Å². The van der Waals surface area contributed by atoms with E-state index in [1.165, 1.54) is 0 Å². The minimum absolute atomic E-state index is 0.0372. The Bertz CT molecular complexity index is 514. The van der Waals surface area contributed by atoms with Crippen molar-refractivity contribution in [1.82, 2.24) is 10.6 Å². The van der Waals surface area contributed by atoms with Gasteiger partial charge in [-0.15, -0.1) is 0 Å². The summed E-state index contributed by atoms with van der Waals surface area (Å²) in [5.41, 5.74) is 5.28. The first-order valence-electron chi connectivity index (χ1n) is 7.20. The fourth-order valence-electron chi connectivity index (χ4n) is 1.51. The molecule has 0 aromatic rings. The lowest BCUT2D eigenvalue weighted by molar-refractivity contribution is -0.139. The van der Waals surface area contributed by atoms with Gasteiger partial charge in [-0.3, -0.25) is 24.0 Å². The average Bonchev–Trinajstić information content (AvgIpc) is 2.52. The fourth-order valence-corrected chi connectivity index (χ4v) is 2.46. The van der Waals surface area contributed by atoms with Crippen LogP contribution >= 0.6 is 11.8 Å². The lowest BCUT2D eigenvalue weighted by atomic mass is 10.1. The molecule has 0 rings (SSSR count). The van der Waals surface area contributed by atoms with Crippen LogP contribution < -0.4 is 16.4 Å². The summed E-state index contributed by atoms with van der Waals surface area (Å²) in [4.78, 5) is 55.3. The topological polar surface area (TPSA) is 196 Å². The quantitative estimate of drug-likeness (QED) is 0.196. The summed E-state index contributed by atoms with van der Waals surface area (Å²) in [6, 6.07) is -2.29. The van der Waals surface area contributed by atoms with Crippen LogP contribution in [0.1, 0.15) is 19.3 Å². The van der Waals surface area contributed by atoms with Crippen molar-refractivity contribution in [1.29, 1.82) is 0 Å². The second kappa shape index (κ2) is 12.1. The van der Waals surface area contributed by atoms with Gasteiger partial charge >= 0.3 is 17.9 Å². The van der Waals surface area contributed by atoms with Crippen LogP contribution in [-0.4, -0.2) is 75.2 Å². The van der Waals surface area contributed by atoms with Gasteiger partial charge in [-0.1, -0.05) is 0 Å². The van der Waals surface area contributed by atoms with E-state index in [-0.39, 0.29) is 30.8 Å². The SMILES string of the molecule is N[C@@H](CCC(=O)N[C@@H](CSCCC(=O)O)C(=O)NCC(=O)O)C(=O)O. The molecule has 0 radical (unpaired) electrons. The predicted molar refractivity (Wildman–Crippen MR) is 87.0 cm³/mol. The van der Waals surface area contributed by atoms with Crippen LogP contribution in [-0.2, 0) is 24.0 Å². The number of amides is 2. The molecule has 0 aliphatic heterocycles. The van der Waals surface area contributed by atoms with Gasteiger partial charge in [-0.2, -0.15) is 11.8 Å². The summed E-state index contributed by atoms with van der Waals surface area (Å²) in [6.07, 6.45) is -0.484. The molecular formula is C13H21N3O8S. The molecule has 2 amide bonds. The monoisotopic (exact) mass is 379 g/mol. The molecule has 0 heterocycles. The number of carboxylic acid groups (broad SMARTS) is 3. The highest BCUT2D eigenvalue weighted by molar-refractivity contribution is 7.99. The highest BCUT2D eigenvalue weighted by Gasteiger charge is 2.22. The van der Waals surface area contributed by atoms with Crippen molar-refractivity contribution in [3.8, 4) is 0 Å². The number of hydrogen-bond donors (Lipinski definition) is 6. The van der Waals surface area contributed by atoms with Gasteiger partial charge < -0.3 is 31.7 Å². The smallest absolute Gasteiger partial charge is 0.322 e.